The van der Waals surface area contributed by atoms with Crippen LogP contribution in [0.4, 0.5) is 0 Å². The van der Waals surface area contributed by atoms with E-state index in [4.69, 9.17) is 14.6 Å². The Morgan fingerprint density at radius 1 is 1.36 bits per heavy atom. The molecule has 1 aromatic heterocycles. The first kappa shape index (κ1) is 14.9. The molecule has 1 aliphatic heterocycles. The lowest BCUT2D eigenvalue weighted by Crippen LogP contribution is -2.46. The lowest BCUT2D eigenvalue weighted by Gasteiger charge is -2.22. The maximum Gasteiger partial charge on any atom is 0.343 e. The Bertz CT molecular complexity index is 699. The number of aromatic nitrogens is 1. The normalized spacial score (nSPS) is 31.5. The number of carbonyl (C=O) groups is 1. The van der Waals surface area contributed by atoms with Gasteiger partial charge < -0.3 is 34.9 Å². The standard InChI is InChI=1S/C14H15NO7/c16-6-14(20)12(18)10(17)11(22-14)13(19)21-9-5-15-8-4-2-1-3-7(8)9/h1-5,10-12,15-18,20H,6H2/t10-,11+,12+,14-/m1/s1. The van der Waals surface area contributed by atoms with Gasteiger partial charge in [0.15, 0.2) is 11.9 Å². The Hall–Kier alpha value is -1.97. The van der Waals surface area contributed by atoms with Gasteiger partial charge in [0.1, 0.15) is 12.2 Å². The van der Waals surface area contributed by atoms with Crippen LogP contribution in [0.3, 0.4) is 0 Å². The van der Waals surface area contributed by atoms with Crippen LogP contribution >= 0.6 is 0 Å². The second-order valence-electron chi connectivity index (χ2n) is 5.10. The summed E-state index contributed by atoms with van der Waals surface area (Å²) in [6.45, 7) is -0.970. The van der Waals surface area contributed by atoms with E-state index in [0.29, 0.717) is 5.39 Å². The summed E-state index contributed by atoms with van der Waals surface area (Å²) in [5, 5.41) is 38.8. The second kappa shape index (κ2) is 5.34. The van der Waals surface area contributed by atoms with Crippen molar-refractivity contribution in [3.8, 4) is 5.75 Å². The SMILES string of the molecule is O=C(Oc1c[nH]c2ccccc12)[C@H]1O[C@](O)(CO)[C@@H](O)[C@@H]1O. The molecule has 2 heterocycles. The van der Waals surface area contributed by atoms with Crippen LogP contribution in [0.1, 0.15) is 0 Å². The minimum Gasteiger partial charge on any atom is -0.422 e. The van der Waals surface area contributed by atoms with E-state index in [1.165, 1.54) is 6.20 Å². The van der Waals surface area contributed by atoms with E-state index in [2.05, 4.69) is 4.98 Å². The monoisotopic (exact) mass is 309 g/mol. The molecule has 3 rings (SSSR count). The fraction of sp³-hybridized carbons (Fsp3) is 0.357. The highest BCUT2D eigenvalue weighted by Gasteiger charge is 2.56. The molecule has 0 amide bonds. The Labute approximate surface area is 124 Å². The third-order valence-electron chi connectivity index (χ3n) is 3.65. The summed E-state index contributed by atoms with van der Waals surface area (Å²) in [4.78, 5) is 15.0. The van der Waals surface area contributed by atoms with Gasteiger partial charge >= 0.3 is 5.97 Å². The summed E-state index contributed by atoms with van der Waals surface area (Å²) in [5.41, 5.74) is 0.755. The van der Waals surface area contributed by atoms with E-state index in [-0.39, 0.29) is 5.75 Å². The van der Waals surface area contributed by atoms with Gasteiger partial charge in [0.05, 0.1) is 6.61 Å². The molecule has 5 N–H and O–H groups in total. The number of benzene rings is 1. The third kappa shape index (κ3) is 2.27. The van der Waals surface area contributed by atoms with Crippen LogP contribution in [-0.4, -0.2) is 62.1 Å². The largest absolute Gasteiger partial charge is 0.422 e. The van der Waals surface area contributed by atoms with Crippen molar-refractivity contribution in [1.29, 1.82) is 0 Å². The van der Waals surface area contributed by atoms with Gasteiger partial charge in [0, 0.05) is 17.1 Å². The summed E-state index contributed by atoms with van der Waals surface area (Å²) in [7, 11) is 0. The van der Waals surface area contributed by atoms with Gasteiger partial charge in [0.25, 0.3) is 0 Å². The minimum atomic E-state index is -2.40. The van der Waals surface area contributed by atoms with Crippen LogP contribution in [0.2, 0.25) is 0 Å². The van der Waals surface area contributed by atoms with Crippen molar-refractivity contribution in [2.45, 2.75) is 24.1 Å². The molecule has 0 saturated carbocycles. The average Bonchev–Trinajstić information content (AvgIpc) is 3.03. The minimum absolute atomic E-state index is 0.227. The molecule has 1 saturated heterocycles. The summed E-state index contributed by atoms with van der Waals surface area (Å²) < 4.78 is 10.0. The predicted molar refractivity (Wildman–Crippen MR) is 72.9 cm³/mol. The quantitative estimate of drug-likeness (QED) is 0.453. The number of rotatable bonds is 3. The molecule has 0 bridgehead atoms. The molecule has 22 heavy (non-hydrogen) atoms. The third-order valence-corrected chi connectivity index (χ3v) is 3.65. The smallest absolute Gasteiger partial charge is 0.343 e. The van der Waals surface area contributed by atoms with Crippen molar-refractivity contribution in [2.24, 2.45) is 0 Å². The first-order valence-electron chi connectivity index (χ1n) is 6.61. The topological polar surface area (TPSA) is 132 Å². The van der Waals surface area contributed by atoms with Crippen molar-refractivity contribution in [2.75, 3.05) is 6.61 Å². The Balaban J connectivity index is 1.80. The molecule has 1 aliphatic rings. The van der Waals surface area contributed by atoms with Crippen molar-refractivity contribution < 1.29 is 34.7 Å². The molecule has 0 radical (unpaired) electrons. The number of ether oxygens (including phenoxy) is 2. The van der Waals surface area contributed by atoms with E-state index in [0.717, 1.165) is 5.52 Å². The summed E-state index contributed by atoms with van der Waals surface area (Å²) in [5.74, 6) is -3.16. The second-order valence-corrected chi connectivity index (χ2v) is 5.10. The number of para-hydroxylation sites is 1. The molecule has 8 nitrogen and oxygen atoms in total. The van der Waals surface area contributed by atoms with Gasteiger partial charge in [-0.15, -0.1) is 0 Å². The Morgan fingerprint density at radius 3 is 2.77 bits per heavy atom. The Morgan fingerprint density at radius 2 is 2.09 bits per heavy atom. The zero-order chi connectivity index (χ0) is 15.9. The first-order valence-corrected chi connectivity index (χ1v) is 6.61. The van der Waals surface area contributed by atoms with Crippen molar-refractivity contribution in [3.05, 3.63) is 30.5 Å². The maximum absolute atomic E-state index is 12.1. The lowest BCUT2D eigenvalue weighted by molar-refractivity contribution is -0.246. The molecule has 0 aliphatic carbocycles. The van der Waals surface area contributed by atoms with Gasteiger partial charge in [0.2, 0.25) is 5.79 Å². The van der Waals surface area contributed by atoms with Crippen LogP contribution in [0.15, 0.2) is 30.5 Å². The molecule has 1 aromatic carbocycles. The summed E-state index contributed by atoms with van der Waals surface area (Å²) >= 11 is 0. The molecule has 118 valence electrons. The number of carbonyl (C=O) groups excluding carboxylic acids is 1. The molecule has 1 fully saturated rings. The highest BCUT2D eigenvalue weighted by molar-refractivity contribution is 5.89. The lowest BCUT2D eigenvalue weighted by atomic mass is 10.1. The van der Waals surface area contributed by atoms with Crippen LogP contribution in [-0.2, 0) is 9.53 Å². The molecular weight excluding hydrogens is 294 g/mol. The van der Waals surface area contributed by atoms with Gasteiger partial charge in [-0.25, -0.2) is 4.79 Å². The van der Waals surface area contributed by atoms with E-state index in [9.17, 15) is 20.1 Å². The molecule has 4 atom stereocenters. The van der Waals surface area contributed by atoms with Gasteiger partial charge in [-0.1, -0.05) is 12.1 Å². The van der Waals surface area contributed by atoms with E-state index in [1.54, 1.807) is 18.2 Å². The molecule has 0 spiro atoms. The van der Waals surface area contributed by atoms with Crippen molar-refractivity contribution >= 4 is 16.9 Å². The fourth-order valence-electron chi connectivity index (χ4n) is 2.41. The number of hydrogen-bond acceptors (Lipinski definition) is 7. The molecule has 2 aromatic rings. The number of aliphatic hydroxyl groups excluding tert-OH is 3. The molecule has 0 unspecified atom stereocenters. The Kier molecular flexibility index (Phi) is 3.63. The van der Waals surface area contributed by atoms with E-state index in [1.807, 2.05) is 6.07 Å². The van der Waals surface area contributed by atoms with Gasteiger partial charge in [-0.3, -0.25) is 0 Å². The zero-order valence-corrected chi connectivity index (χ0v) is 11.3. The van der Waals surface area contributed by atoms with Gasteiger partial charge in [-0.2, -0.15) is 0 Å². The van der Waals surface area contributed by atoms with Crippen molar-refractivity contribution in [3.63, 3.8) is 0 Å². The molecule has 8 heteroatoms. The molecular formula is C14H15NO7. The number of esters is 1. The fourth-order valence-corrected chi connectivity index (χ4v) is 2.41. The van der Waals surface area contributed by atoms with Crippen molar-refractivity contribution in [1.82, 2.24) is 4.98 Å². The predicted octanol–water partition coefficient (Wildman–Crippen LogP) is -1.13. The van der Waals surface area contributed by atoms with Crippen LogP contribution in [0.25, 0.3) is 10.9 Å². The van der Waals surface area contributed by atoms with Crippen LogP contribution < -0.4 is 4.74 Å². The summed E-state index contributed by atoms with van der Waals surface area (Å²) in [6.07, 6.45) is -3.67. The average molecular weight is 309 g/mol. The number of H-pyrrole nitrogens is 1. The van der Waals surface area contributed by atoms with E-state index < -0.39 is 36.7 Å². The number of hydrogen-bond donors (Lipinski definition) is 5. The highest BCUT2D eigenvalue weighted by Crippen LogP contribution is 2.31. The zero-order valence-electron chi connectivity index (χ0n) is 11.3. The van der Waals surface area contributed by atoms with Crippen LogP contribution in [0.5, 0.6) is 5.75 Å². The maximum atomic E-state index is 12.1. The van der Waals surface area contributed by atoms with Gasteiger partial charge in [-0.05, 0) is 12.1 Å². The number of fused-ring (bicyclic) bond motifs is 1. The summed E-state index contributed by atoms with van der Waals surface area (Å²) in [6, 6.07) is 7.11. The highest BCUT2D eigenvalue weighted by atomic mass is 16.7. The van der Waals surface area contributed by atoms with Crippen LogP contribution in [0, 0.1) is 0 Å². The first-order chi connectivity index (χ1) is 10.5. The number of aromatic amines is 1. The van der Waals surface area contributed by atoms with E-state index >= 15 is 0 Å². The number of nitrogens with one attached hydrogen (secondary N) is 1. The number of aliphatic hydroxyl groups is 4.